The molecule has 0 heterocycles. The number of carboxylic acids is 1. The average Bonchev–Trinajstić information content (AvgIpc) is 3.22. The number of hydrogen-bond acceptors (Lipinski definition) is 2. The summed E-state index contributed by atoms with van der Waals surface area (Å²) in [7, 11) is 0. The third-order valence-corrected chi connectivity index (χ3v) is 4.70. The molecular weight excluding hydrogens is 321 g/mol. The number of carbonyl (C=O) groups excluding carboxylic acids is 1. The highest BCUT2D eigenvalue weighted by atomic mass is 35.5. The minimum Gasteiger partial charge on any atom is -0.481 e. The third kappa shape index (κ3) is 3.55. The van der Waals surface area contributed by atoms with E-state index in [1.54, 1.807) is 17.0 Å². The number of hydrogen-bond donors (Lipinski definition) is 1. The van der Waals surface area contributed by atoms with Gasteiger partial charge in [0.2, 0.25) is 5.91 Å². The van der Waals surface area contributed by atoms with Crippen LogP contribution in [0.1, 0.15) is 18.4 Å². The molecule has 1 fully saturated rings. The van der Waals surface area contributed by atoms with E-state index < -0.39 is 23.6 Å². The van der Waals surface area contributed by atoms with Gasteiger partial charge in [-0.25, -0.2) is 4.39 Å². The van der Waals surface area contributed by atoms with Crippen molar-refractivity contribution in [2.24, 2.45) is 17.8 Å². The number of rotatable bonds is 6. The maximum Gasteiger partial charge on any atom is 0.311 e. The molecular formula is C17H17ClFNO3. The zero-order chi connectivity index (χ0) is 16.6. The first kappa shape index (κ1) is 16.0. The molecule has 1 aromatic rings. The molecule has 0 spiro atoms. The van der Waals surface area contributed by atoms with Crippen LogP contribution in [0.5, 0.6) is 0 Å². The van der Waals surface area contributed by atoms with Gasteiger partial charge in [0.15, 0.2) is 0 Å². The van der Waals surface area contributed by atoms with Crippen molar-refractivity contribution in [3.8, 4) is 0 Å². The van der Waals surface area contributed by atoms with Crippen molar-refractivity contribution in [1.82, 2.24) is 4.90 Å². The van der Waals surface area contributed by atoms with Crippen LogP contribution in [0, 0.1) is 23.6 Å². The van der Waals surface area contributed by atoms with Gasteiger partial charge >= 0.3 is 5.97 Å². The van der Waals surface area contributed by atoms with Gasteiger partial charge in [0.25, 0.3) is 0 Å². The number of benzene rings is 1. The quantitative estimate of drug-likeness (QED) is 0.811. The summed E-state index contributed by atoms with van der Waals surface area (Å²) in [5, 5.41) is 9.38. The lowest BCUT2D eigenvalue weighted by Crippen LogP contribution is -2.43. The van der Waals surface area contributed by atoms with Crippen molar-refractivity contribution in [2.75, 3.05) is 6.54 Å². The van der Waals surface area contributed by atoms with E-state index in [9.17, 15) is 14.0 Å². The van der Waals surface area contributed by atoms with Crippen LogP contribution < -0.4 is 0 Å². The first-order valence-corrected chi connectivity index (χ1v) is 7.97. The van der Waals surface area contributed by atoms with E-state index in [4.69, 9.17) is 16.7 Å². The van der Waals surface area contributed by atoms with Crippen LogP contribution in [0.3, 0.4) is 0 Å². The molecule has 0 saturated heterocycles. The van der Waals surface area contributed by atoms with Gasteiger partial charge in [0.1, 0.15) is 5.82 Å². The Kier molecular flexibility index (Phi) is 4.39. The molecule has 4 nitrogen and oxygen atoms in total. The first-order valence-electron chi connectivity index (χ1n) is 7.59. The maximum absolute atomic E-state index is 13.2. The predicted molar refractivity (Wildman–Crippen MR) is 83.3 cm³/mol. The molecule has 0 unspecified atom stereocenters. The van der Waals surface area contributed by atoms with E-state index in [-0.39, 0.29) is 17.5 Å². The highest BCUT2D eigenvalue weighted by Crippen LogP contribution is 2.34. The molecule has 0 bridgehead atoms. The topological polar surface area (TPSA) is 57.6 Å². The highest BCUT2D eigenvalue weighted by molar-refractivity contribution is 6.31. The first-order chi connectivity index (χ1) is 11.0. The monoisotopic (exact) mass is 337 g/mol. The molecule has 1 saturated carbocycles. The summed E-state index contributed by atoms with van der Waals surface area (Å²) in [6, 6.07) is 4.10. The lowest BCUT2D eigenvalue weighted by Gasteiger charge is -2.32. The fraction of sp³-hybridized carbons (Fsp3) is 0.412. The molecule has 23 heavy (non-hydrogen) atoms. The van der Waals surface area contributed by atoms with Crippen LogP contribution in [-0.2, 0) is 16.1 Å². The maximum atomic E-state index is 13.2. The van der Waals surface area contributed by atoms with Crippen molar-refractivity contribution in [2.45, 2.75) is 19.4 Å². The average molecular weight is 338 g/mol. The van der Waals surface area contributed by atoms with E-state index >= 15 is 0 Å². The van der Waals surface area contributed by atoms with Crippen LogP contribution in [-0.4, -0.2) is 28.4 Å². The summed E-state index contributed by atoms with van der Waals surface area (Å²) in [5.74, 6) is -2.53. The molecule has 6 heteroatoms. The lowest BCUT2D eigenvalue weighted by molar-refractivity contribution is -0.148. The molecule has 0 radical (unpaired) electrons. The van der Waals surface area contributed by atoms with Crippen LogP contribution in [0.4, 0.5) is 4.39 Å². The number of amides is 1. The number of carboxylic acid groups (broad SMARTS) is 1. The Morgan fingerprint density at radius 3 is 2.48 bits per heavy atom. The minimum atomic E-state index is -0.989. The fourth-order valence-corrected chi connectivity index (χ4v) is 2.94. The molecule has 1 N–H and O–H groups in total. The van der Waals surface area contributed by atoms with E-state index in [0.717, 1.165) is 12.8 Å². The van der Waals surface area contributed by atoms with E-state index in [1.165, 1.54) is 18.2 Å². The van der Waals surface area contributed by atoms with Crippen LogP contribution in [0.15, 0.2) is 30.4 Å². The zero-order valence-corrected chi connectivity index (χ0v) is 13.2. The van der Waals surface area contributed by atoms with Gasteiger partial charge < -0.3 is 10.0 Å². The highest BCUT2D eigenvalue weighted by Gasteiger charge is 2.39. The second-order valence-electron chi connectivity index (χ2n) is 6.17. The summed E-state index contributed by atoms with van der Waals surface area (Å²) in [6.45, 7) is 0.855. The second kappa shape index (κ2) is 6.32. The number of nitrogens with zero attached hydrogens (tertiary/aromatic N) is 1. The van der Waals surface area contributed by atoms with Gasteiger partial charge in [0, 0.05) is 18.1 Å². The Balaban J connectivity index is 1.76. The second-order valence-corrected chi connectivity index (χ2v) is 6.58. The summed E-state index contributed by atoms with van der Waals surface area (Å²) in [5.41, 5.74) is 0.664. The van der Waals surface area contributed by atoms with Gasteiger partial charge in [-0.2, -0.15) is 0 Å². The molecule has 2 aliphatic rings. The molecule has 3 rings (SSSR count). The third-order valence-electron chi connectivity index (χ3n) is 4.35. The Labute approximate surface area is 138 Å². The van der Waals surface area contributed by atoms with Gasteiger partial charge in [-0.3, -0.25) is 9.59 Å². The summed E-state index contributed by atoms with van der Waals surface area (Å²) < 4.78 is 13.2. The van der Waals surface area contributed by atoms with E-state index in [0.29, 0.717) is 18.0 Å². The number of halogens is 2. The van der Waals surface area contributed by atoms with Gasteiger partial charge in [-0.1, -0.05) is 29.8 Å². The molecule has 0 aromatic heterocycles. The zero-order valence-electron chi connectivity index (χ0n) is 12.4. The van der Waals surface area contributed by atoms with Crippen molar-refractivity contribution in [3.05, 3.63) is 46.8 Å². The van der Waals surface area contributed by atoms with Crippen molar-refractivity contribution in [3.63, 3.8) is 0 Å². The van der Waals surface area contributed by atoms with Gasteiger partial charge in [0.05, 0.1) is 11.8 Å². The molecule has 1 amide bonds. The summed E-state index contributed by atoms with van der Waals surface area (Å²) >= 11 is 6.05. The Hall–Kier alpha value is -1.88. The lowest BCUT2D eigenvalue weighted by atomic mass is 9.81. The summed E-state index contributed by atoms with van der Waals surface area (Å²) in [4.78, 5) is 25.5. The summed E-state index contributed by atoms with van der Waals surface area (Å²) in [6.07, 6.45) is 5.31. The normalized spacial score (nSPS) is 22.5. The van der Waals surface area contributed by atoms with Gasteiger partial charge in [-0.15, -0.1) is 0 Å². The molecule has 2 atom stereocenters. The molecule has 122 valence electrons. The van der Waals surface area contributed by atoms with E-state index in [2.05, 4.69) is 0 Å². The van der Waals surface area contributed by atoms with Crippen molar-refractivity contribution < 1.29 is 19.1 Å². The molecule has 2 aliphatic carbocycles. The Morgan fingerprint density at radius 1 is 1.26 bits per heavy atom. The van der Waals surface area contributed by atoms with E-state index in [1.807, 2.05) is 0 Å². The Morgan fingerprint density at radius 2 is 1.96 bits per heavy atom. The number of aliphatic carboxylic acids is 1. The number of carbonyl (C=O) groups is 2. The predicted octanol–water partition coefficient (Wildman–Crippen LogP) is 3.10. The van der Waals surface area contributed by atoms with Crippen LogP contribution >= 0.6 is 11.6 Å². The fourth-order valence-electron chi connectivity index (χ4n) is 2.72. The standard InChI is InChI=1S/C17H17ClFNO3/c18-15-7-12(19)4-3-11(15)9-20(8-10-1-2-10)16(21)13-5-6-14(13)17(22)23/h3-7,10,13-14H,1-2,8-9H2,(H,22,23)/t13-,14+/m0/s1. The molecule has 1 aromatic carbocycles. The van der Waals surface area contributed by atoms with Crippen LogP contribution in [0.25, 0.3) is 0 Å². The smallest absolute Gasteiger partial charge is 0.311 e. The minimum absolute atomic E-state index is 0.202. The van der Waals surface area contributed by atoms with Crippen molar-refractivity contribution >= 4 is 23.5 Å². The van der Waals surface area contributed by atoms with Gasteiger partial charge in [-0.05, 0) is 36.5 Å². The largest absolute Gasteiger partial charge is 0.481 e. The van der Waals surface area contributed by atoms with Crippen LogP contribution in [0.2, 0.25) is 5.02 Å². The Bertz CT molecular complexity index is 672. The SMILES string of the molecule is O=C(O)[C@@H]1C=C[C@@H]1C(=O)N(Cc1ccc(F)cc1Cl)CC1CC1. The molecule has 0 aliphatic heterocycles. The van der Waals surface area contributed by atoms with Crippen molar-refractivity contribution in [1.29, 1.82) is 0 Å².